The van der Waals surface area contributed by atoms with E-state index in [2.05, 4.69) is 0 Å². The summed E-state index contributed by atoms with van der Waals surface area (Å²) >= 11 is 11.9. The van der Waals surface area contributed by atoms with Crippen LogP contribution < -0.4 is 4.90 Å². The number of hydrogen-bond acceptors (Lipinski definition) is 4. The molecule has 0 spiro atoms. The molecular formula is C20H16Cl2N2O4. The monoisotopic (exact) mass is 418 g/mol. The summed E-state index contributed by atoms with van der Waals surface area (Å²) in [7, 11) is 1.52. The Labute approximate surface area is 171 Å². The predicted octanol–water partition coefficient (Wildman–Crippen LogP) is 3.65. The van der Waals surface area contributed by atoms with E-state index < -0.39 is 11.6 Å². The highest BCUT2D eigenvalue weighted by Crippen LogP contribution is 2.44. The number of nitrogens with zero attached hydrogens (tertiary/aromatic N) is 2. The zero-order valence-corrected chi connectivity index (χ0v) is 16.5. The van der Waals surface area contributed by atoms with Crippen LogP contribution >= 0.6 is 23.2 Å². The molecule has 1 fully saturated rings. The fourth-order valence-corrected chi connectivity index (χ4v) is 4.11. The summed E-state index contributed by atoms with van der Waals surface area (Å²) in [4.78, 5) is 41.4. The van der Waals surface area contributed by atoms with Crippen molar-refractivity contribution in [2.45, 2.75) is 25.1 Å². The minimum absolute atomic E-state index is 0.0524. The number of benzene rings is 2. The maximum absolute atomic E-state index is 13.2. The van der Waals surface area contributed by atoms with E-state index in [0.717, 1.165) is 0 Å². The molecule has 0 aromatic heterocycles. The molecule has 0 radical (unpaired) electrons. The van der Waals surface area contributed by atoms with E-state index >= 15 is 0 Å². The number of para-hydroxylation sites is 1. The Kier molecular flexibility index (Phi) is 4.56. The number of ether oxygens (including phenoxy) is 1. The van der Waals surface area contributed by atoms with Crippen LogP contribution in [0.1, 0.15) is 28.8 Å². The second-order valence-corrected chi connectivity index (χ2v) is 7.57. The maximum atomic E-state index is 13.2. The largest absolute Gasteiger partial charge is 0.458 e. The summed E-state index contributed by atoms with van der Waals surface area (Å²) in [6, 6.07) is 11.7. The SMILES string of the molecule is CN1C(=O)c2ccccc2N2C(=O)CCC12C(=O)OCc1ccc(Cl)c(Cl)c1. The van der Waals surface area contributed by atoms with E-state index in [1.54, 1.807) is 42.5 Å². The predicted molar refractivity (Wildman–Crippen MR) is 104 cm³/mol. The lowest BCUT2D eigenvalue weighted by Crippen LogP contribution is -2.67. The van der Waals surface area contributed by atoms with E-state index in [-0.39, 0.29) is 31.3 Å². The molecule has 0 saturated carbocycles. The number of carbonyl (C=O) groups is 3. The van der Waals surface area contributed by atoms with Gasteiger partial charge in [0.05, 0.1) is 21.3 Å². The van der Waals surface area contributed by atoms with E-state index in [0.29, 0.717) is 26.9 Å². The van der Waals surface area contributed by atoms with E-state index in [9.17, 15) is 14.4 Å². The van der Waals surface area contributed by atoms with Crippen molar-refractivity contribution in [2.24, 2.45) is 0 Å². The minimum Gasteiger partial charge on any atom is -0.458 e. The normalized spacial score (nSPS) is 20.8. The molecule has 0 N–H and O–H groups in total. The first-order valence-electron chi connectivity index (χ1n) is 8.67. The van der Waals surface area contributed by atoms with Gasteiger partial charge in [-0.15, -0.1) is 0 Å². The first kappa shape index (κ1) is 18.8. The Balaban J connectivity index is 1.68. The second-order valence-electron chi connectivity index (χ2n) is 6.75. The lowest BCUT2D eigenvalue weighted by molar-refractivity contribution is -0.157. The van der Waals surface area contributed by atoms with Crippen LogP contribution in [0.15, 0.2) is 42.5 Å². The fourth-order valence-electron chi connectivity index (χ4n) is 3.78. The van der Waals surface area contributed by atoms with Gasteiger partial charge in [0, 0.05) is 19.9 Å². The third kappa shape index (κ3) is 2.67. The smallest absolute Gasteiger partial charge is 0.354 e. The van der Waals surface area contributed by atoms with Crippen LogP contribution in [0.4, 0.5) is 5.69 Å². The molecule has 1 saturated heterocycles. The molecule has 0 bridgehead atoms. The van der Waals surface area contributed by atoms with E-state index in [1.807, 2.05) is 0 Å². The Morgan fingerprint density at radius 2 is 1.89 bits per heavy atom. The van der Waals surface area contributed by atoms with Crippen LogP contribution in [0.5, 0.6) is 0 Å². The minimum atomic E-state index is -1.49. The molecular weight excluding hydrogens is 403 g/mol. The number of carbonyl (C=O) groups excluding carboxylic acids is 3. The number of likely N-dealkylation sites (N-methyl/N-ethyl adjacent to an activating group) is 1. The number of halogens is 2. The summed E-state index contributed by atoms with van der Waals surface area (Å²) in [6.45, 7) is -0.0524. The third-order valence-corrected chi connectivity index (χ3v) is 5.96. The molecule has 4 rings (SSSR count). The summed E-state index contributed by atoms with van der Waals surface area (Å²) < 4.78 is 5.52. The Morgan fingerprint density at radius 1 is 1.14 bits per heavy atom. The van der Waals surface area contributed by atoms with Gasteiger partial charge in [0.1, 0.15) is 6.61 Å². The van der Waals surface area contributed by atoms with Gasteiger partial charge in [-0.05, 0) is 29.8 Å². The van der Waals surface area contributed by atoms with Crippen molar-refractivity contribution in [3.63, 3.8) is 0 Å². The molecule has 1 atom stereocenters. The van der Waals surface area contributed by atoms with Crippen molar-refractivity contribution in [1.82, 2.24) is 4.90 Å². The van der Waals surface area contributed by atoms with Gasteiger partial charge >= 0.3 is 5.97 Å². The Hall–Kier alpha value is -2.57. The van der Waals surface area contributed by atoms with Crippen LogP contribution in [0, 0.1) is 0 Å². The number of fused-ring (bicyclic) bond motifs is 3. The lowest BCUT2D eigenvalue weighted by Gasteiger charge is -2.46. The van der Waals surface area contributed by atoms with Gasteiger partial charge in [0.15, 0.2) is 0 Å². The van der Waals surface area contributed by atoms with Gasteiger partial charge in [0.25, 0.3) is 5.91 Å². The van der Waals surface area contributed by atoms with Crippen LogP contribution in [-0.2, 0) is 20.9 Å². The van der Waals surface area contributed by atoms with Gasteiger partial charge in [-0.3, -0.25) is 14.5 Å². The fraction of sp³-hybridized carbons (Fsp3) is 0.250. The van der Waals surface area contributed by atoms with Crippen molar-refractivity contribution in [3.8, 4) is 0 Å². The van der Waals surface area contributed by atoms with Gasteiger partial charge in [-0.25, -0.2) is 4.79 Å². The van der Waals surface area contributed by atoms with E-state index in [1.165, 1.54) is 16.8 Å². The first-order chi connectivity index (χ1) is 13.4. The Morgan fingerprint density at radius 3 is 2.64 bits per heavy atom. The highest BCUT2D eigenvalue weighted by atomic mass is 35.5. The topological polar surface area (TPSA) is 66.9 Å². The maximum Gasteiger partial charge on any atom is 0.354 e. The molecule has 2 aliphatic heterocycles. The molecule has 8 heteroatoms. The summed E-state index contributed by atoms with van der Waals surface area (Å²) in [6.07, 6.45) is 0.316. The highest BCUT2D eigenvalue weighted by molar-refractivity contribution is 6.42. The highest BCUT2D eigenvalue weighted by Gasteiger charge is 2.60. The molecule has 0 aliphatic carbocycles. The second kappa shape index (κ2) is 6.79. The van der Waals surface area contributed by atoms with Gasteiger partial charge in [-0.2, -0.15) is 0 Å². The molecule has 6 nitrogen and oxygen atoms in total. The molecule has 2 aliphatic rings. The third-order valence-electron chi connectivity index (χ3n) is 5.22. The first-order valence-corrected chi connectivity index (χ1v) is 9.43. The molecule has 2 aromatic rings. The molecule has 1 unspecified atom stereocenters. The van der Waals surface area contributed by atoms with Gasteiger partial charge < -0.3 is 9.64 Å². The van der Waals surface area contributed by atoms with Crippen molar-refractivity contribution in [2.75, 3.05) is 11.9 Å². The number of hydrogen-bond donors (Lipinski definition) is 0. The molecule has 144 valence electrons. The lowest BCUT2D eigenvalue weighted by atomic mass is 9.97. The van der Waals surface area contributed by atoms with Crippen molar-refractivity contribution >= 4 is 46.7 Å². The van der Waals surface area contributed by atoms with Crippen LogP contribution in [0.25, 0.3) is 0 Å². The van der Waals surface area contributed by atoms with Crippen LogP contribution in [0.3, 0.4) is 0 Å². The van der Waals surface area contributed by atoms with Gasteiger partial charge in [0.2, 0.25) is 11.6 Å². The Bertz CT molecular complexity index is 1010. The zero-order chi connectivity index (χ0) is 20.1. The summed E-state index contributed by atoms with van der Waals surface area (Å²) in [5.74, 6) is -1.21. The van der Waals surface area contributed by atoms with Gasteiger partial charge in [-0.1, -0.05) is 41.4 Å². The summed E-state index contributed by atoms with van der Waals surface area (Å²) in [5, 5.41) is 0.752. The molecule has 2 amide bonds. The number of amides is 2. The number of esters is 1. The number of rotatable bonds is 3. The standard InChI is InChI=1S/C20H16Cl2N2O4/c1-23-18(26)13-4-2-3-5-16(13)24-17(25)8-9-20(23,24)19(27)28-11-12-6-7-14(21)15(22)10-12/h2-7,10H,8-9,11H2,1H3. The average molecular weight is 419 g/mol. The van der Waals surface area contributed by atoms with Crippen molar-refractivity contribution < 1.29 is 19.1 Å². The van der Waals surface area contributed by atoms with Crippen molar-refractivity contribution in [1.29, 1.82) is 0 Å². The quantitative estimate of drug-likeness (QED) is 0.713. The van der Waals surface area contributed by atoms with Crippen molar-refractivity contribution in [3.05, 3.63) is 63.6 Å². The number of anilines is 1. The zero-order valence-electron chi connectivity index (χ0n) is 14.9. The molecule has 28 heavy (non-hydrogen) atoms. The van der Waals surface area contributed by atoms with Crippen LogP contribution in [0.2, 0.25) is 10.0 Å². The molecule has 2 aromatic carbocycles. The summed E-state index contributed by atoms with van der Waals surface area (Å²) in [5.41, 5.74) is -0.0217. The average Bonchev–Trinajstić information content (AvgIpc) is 3.05. The molecule has 2 heterocycles. The van der Waals surface area contributed by atoms with Crippen LogP contribution in [-0.4, -0.2) is 35.4 Å². The van der Waals surface area contributed by atoms with E-state index in [4.69, 9.17) is 27.9 Å².